The molecule has 0 heterocycles. The van der Waals surface area contributed by atoms with E-state index in [2.05, 4.69) is 4.74 Å². The number of ether oxygens (including phenoxy) is 1. The van der Waals surface area contributed by atoms with Gasteiger partial charge in [-0.1, -0.05) is 18.2 Å². The van der Waals surface area contributed by atoms with Crippen LogP contribution < -0.4 is 4.74 Å². The predicted octanol–water partition coefficient (Wildman–Crippen LogP) is 3.23. The molecule has 0 spiro atoms. The molecule has 1 amide bonds. The van der Waals surface area contributed by atoms with Crippen molar-refractivity contribution in [3.05, 3.63) is 29.8 Å². The second-order valence-electron chi connectivity index (χ2n) is 5.48. The molecule has 1 aromatic rings. The van der Waals surface area contributed by atoms with Gasteiger partial charge in [0.25, 0.3) is 0 Å². The van der Waals surface area contributed by atoms with Crippen LogP contribution in [0.3, 0.4) is 0 Å². The lowest BCUT2D eigenvalue weighted by atomic mass is 10.1. The van der Waals surface area contributed by atoms with Crippen molar-refractivity contribution in [2.24, 2.45) is 0 Å². The first kappa shape index (κ1) is 19.8. The van der Waals surface area contributed by atoms with Gasteiger partial charge in [0.1, 0.15) is 5.75 Å². The Morgan fingerprint density at radius 2 is 1.83 bits per heavy atom. The summed E-state index contributed by atoms with van der Waals surface area (Å²) in [5, 5.41) is 8.72. The smallest absolute Gasteiger partial charge is 0.481 e. The molecule has 0 atom stereocenters. The highest BCUT2D eigenvalue weighted by molar-refractivity contribution is 5.77. The van der Waals surface area contributed by atoms with Crippen molar-refractivity contribution in [3.8, 4) is 5.75 Å². The minimum atomic E-state index is -4.80. The molecule has 0 aliphatic heterocycles. The molecule has 5 nitrogen and oxygen atoms in total. The van der Waals surface area contributed by atoms with Crippen molar-refractivity contribution in [3.63, 3.8) is 0 Å². The van der Waals surface area contributed by atoms with Crippen molar-refractivity contribution in [2.75, 3.05) is 6.54 Å². The molecule has 134 valence electrons. The average molecular weight is 347 g/mol. The number of carbonyl (C=O) groups is 2. The van der Waals surface area contributed by atoms with Crippen LogP contribution in [0, 0.1) is 0 Å². The van der Waals surface area contributed by atoms with E-state index in [9.17, 15) is 22.8 Å². The maximum absolute atomic E-state index is 12.4. The number of amides is 1. The highest BCUT2D eigenvalue weighted by atomic mass is 19.4. The molecule has 24 heavy (non-hydrogen) atoms. The van der Waals surface area contributed by atoms with Gasteiger partial charge in [0.2, 0.25) is 5.91 Å². The number of rotatable bonds is 8. The van der Waals surface area contributed by atoms with Crippen LogP contribution >= 0.6 is 0 Å². The fourth-order valence-corrected chi connectivity index (χ4v) is 2.21. The summed E-state index contributed by atoms with van der Waals surface area (Å²) in [4.78, 5) is 24.3. The lowest BCUT2D eigenvalue weighted by Crippen LogP contribution is -2.38. The summed E-state index contributed by atoms with van der Waals surface area (Å²) in [5.74, 6) is -1.66. The first-order valence-corrected chi connectivity index (χ1v) is 7.45. The molecule has 0 aromatic heterocycles. The average Bonchev–Trinajstić information content (AvgIpc) is 2.44. The number of carboxylic acids is 1. The third-order valence-electron chi connectivity index (χ3n) is 3.32. The van der Waals surface area contributed by atoms with Crippen LogP contribution in [0.2, 0.25) is 0 Å². The maximum atomic E-state index is 12.4. The lowest BCUT2D eigenvalue weighted by Gasteiger charge is -2.26. The van der Waals surface area contributed by atoms with Crippen molar-refractivity contribution in [2.45, 2.75) is 45.5 Å². The molecule has 0 saturated heterocycles. The summed E-state index contributed by atoms with van der Waals surface area (Å²) < 4.78 is 41.1. The maximum Gasteiger partial charge on any atom is 0.573 e. The van der Waals surface area contributed by atoms with Gasteiger partial charge in [-0.2, -0.15) is 0 Å². The van der Waals surface area contributed by atoms with Crippen molar-refractivity contribution in [1.82, 2.24) is 4.90 Å². The van der Waals surface area contributed by atoms with E-state index < -0.39 is 12.3 Å². The minimum Gasteiger partial charge on any atom is -0.481 e. The second-order valence-corrected chi connectivity index (χ2v) is 5.48. The summed E-state index contributed by atoms with van der Waals surface area (Å²) in [5.41, 5.74) is 0.269. The summed E-state index contributed by atoms with van der Waals surface area (Å²) in [6.07, 6.45) is -4.94. The minimum absolute atomic E-state index is 0.0317. The first-order chi connectivity index (χ1) is 11.1. The van der Waals surface area contributed by atoms with Crippen LogP contribution in [-0.2, 0) is 16.0 Å². The highest BCUT2D eigenvalue weighted by Crippen LogP contribution is 2.27. The van der Waals surface area contributed by atoms with Crippen LogP contribution in [0.1, 0.15) is 32.3 Å². The Bertz CT molecular complexity index is 573. The Labute approximate surface area is 138 Å². The number of para-hydroxylation sites is 1. The van der Waals surface area contributed by atoms with Gasteiger partial charge >= 0.3 is 12.3 Å². The number of carboxylic acid groups (broad SMARTS) is 1. The van der Waals surface area contributed by atoms with Gasteiger partial charge < -0.3 is 14.7 Å². The Kier molecular flexibility index (Phi) is 7.06. The molecule has 0 unspecified atom stereocenters. The van der Waals surface area contributed by atoms with Gasteiger partial charge in [-0.3, -0.25) is 9.59 Å². The van der Waals surface area contributed by atoms with E-state index in [1.54, 1.807) is 19.9 Å². The van der Waals surface area contributed by atoms with E-state index >= 15 is 0 Å². The molecular weight excluding hydrogens is 327 g/mol. The van der Waals surface area contributed by atoms with E-state index in [-0.39, 0.29) is 49.1 Å². The molecule has 0 aliphatic carbocycles. The van der Waals surface area contributed by atoms with Gasteiger partial charge in [-0.15, -0.1) is 13.2 Å². The van der Waals surface area contributed by atoms with Crippen LogP contribution in [0.5, 0.6) is 5.75 Å². The van der Waals surface area contributed by atoms with E-state index in [0.717, 1.165) is 0 Å². The molecule has 0 bridgehead atoms. The standard InChI is InChI=1S/C16H20F3NO4/c1-11(2)20(10-9-15(22)23)14(21)8-7-12-5-3-4-6-13(12)24-16(17,18)19/h3-6,11H,7-10H2,1-2H3,(H,22,23). The van der Waals surface area contributed by atoms with Gasteiger partial charge in [0.05, 0.1) is 6.42 Å². The summed E-state index contributed by atoms with van der Waals surface area (Å²) in [7, 11) is 0. The number of aryl methyl sites for hydroxylation is 1. The zero-order valence-electron chi connectivity index (χ0n) is 13.5. The quantitative estimate of drug-likeness (QED) is 0.784. The van der Waals surface area contributed by atoms with Crippen LogP contribution in [0.4, 0.5) is 13.2 Å². The zero-order valence-corrected chi connectivity index (χ0v) is 13.5. The second kappa shape index (κ2) is 8.56. The van der Waals surface area contributed by atoms with Crippen LogP contribution in [0.25, 0.3) is 0 Å². The van der Waals surface area contributed by atoms with Gasteiger partial charge in [0.15, 0.2) is 0 Å². The summed E-state index contributed by atoms with van der Waals surface area (Å²) >= 11 is 0. The Balaban J connectivity index is 2.73. The number of carbonyl (C=O) groups excluding carboxylic acids is 1. The molecule has 0 aliphatic rings. The summed E-state index contributed by atoms with van der Waals surface area (Å²) in [6.45, 7) is 3.56. The van der Waals surface area contributed by atoms with E-state index in [4.69, 9.17) is 5.11 Å². The fourth-order valence-electron chi connectivity index (χ4n) is 2.21. The third-order valence-corrected chi connectivity index (χ3v) is 3.32. The summed E-state index contributed by atoms with van der Waals surface area (Å²) in [6, 6.07) is 5.44. The topological polar surface area (TPSA) is 66.8 Å². The molecule has 0 radical (unpaired) electrons. The molecule has 0 fully saturated rings. The number of benzene rings is 1. The number of hydrogen-bond donors (Lipinski definition) is 1. The zero-order chi connectivity index (χ0) is 18.3. The Hall–Kier alpha value is -2.25. The molecule has 1 N–H and O–H groups in total. The SMILES string of the molecule is CC(C)N(CCC(=O)O)C(=O)CCc1ccccc1OC(F)(F)F. The molecule has 1 rings (SSSR count). The van der Waals surface area contributed by atoms with E-state index in [1.807, 2.05) is 0 Å². The van der Waals surface area contributed by atoms with Gasteiger partial charge in [-0.05, 0) is 31.9 Å². The van der Waals surface area contributed by atoms with Crippen LogP contribution in [-0.4, -0.2) is 40.8 Å². The Morgan fingerprint density at radius 3 is 2.38 bits per heavy atom. The van der Waals surface area contributed by atoms with Crippen molar-refractivity contribution < 1.29 is 32.6 Å². The predicted molar refractivity (Wildman–Crippen MR) is 80.5 cm³/mol. The first-order valence-electron chi connectivity index (χ1n) is 7.45. The van der Waals surface area contributed by atoms with Gasteiger partial charge in [0, 0.05) is 19.0 Å². The normalized spacial score (nSPS) is 11.4. The number of nitrogens with zero attached hydrogens (tertiary/aromatic N) is 1. The monoisotopic (exact) mass is 347 g/mol. The molecule has 1 aromatic carbocycles. The lowest BCUT2D eigenvalue weighted by molar-refractivity contribution is -0.274. The number of halogens is 3. The van der Waals surface area contributed by atoms with Crippen molar-refractivity contribution >= 4 is 11.9 Å². The molecular formula is C16H20F3NO4. The number of hydrogen-bond acceptors (Lipinski definition) is 3. The molecule has 8 heteroatoms. The highest BCUT2D eigenvalue weighted by Gasteiger charge is 2.32. The van der Waals surface area contributed by atoms with E-state index in [0.29, 0.717) is 0 Å². The largest absolute Gasteiger partial charge is 0.573 e. The van der Waals surface area contributed by atoms with Gasteiger partial charge in [-0.25, -0.2) is 0 Å². The van der Waals surface area contributed by atoms with Crippen LogP contribution in [0.15, 0.2) is 24.3 Å². The van der Waals surface area contributed by atoms with E-state index in [1.165, 1.54) is 23.1 Å². The fraction of sp³-hybridized carbons (Fsp3) is 0.500. The molecule has 0 saturated carbocycles. The third kappa shape index (κ3) is 6.89. The van der Waals surface area contributed by atoms with Crippen molar-refractivity contribution in [1.29, 1.82) is 0 Å². The number of aliphatic carboxylic acids is 1. The Morgan fingerprint density at radius 1 is 1.21 bits per heavy atom. The number of alkyl halides is 3.